The highest BCUT2D eigenvalue weighted by Crippen LogP contribution is 2.18. The molecule has 34 heavy (non-hydrogen) atoms. The van der Waals surface area contributed by atoms with Gasteiger partial charge in [-0.1, -0.05) is 36.4 Å². The predicted molar refractivity (Wildman–Crippen MR) is 149 cm³/mol. The number of rotatable bonds is 6. The zero-order valence-corrected chi connectivity index (χ0v) is 22.7. The van der Waals surface area contributed by atoms with Gasteiger partial charge in [0.05, 0.1) is 22.8 Å². The van der Waals surface area contributed by atoms with Gasteiger partial charge in [0.2, 0.25) is 0 Å². The van der Waals surface area contributed by atoms with Gasteiger partial charge >= 0.3 is 0 Å². The van der Waals surface area contributed by atoms with Crippen LogP contribution in [0.3, 0.4) is 0 Å². The maximum Gasteiger partial charge on any atom is 0.191 e. The van der Waals surface area contributed by atoms with Crippen LogP contribution in [-0.2, 0) is 13.1 Å². The summed E-state index contributed by atoms with van der Waals surface area (Å²) in [5.41, 5.74) is 8.68. The Bertz CT molecular complexity index is 1190. The number of aliphatic imine (C=N–C) groups is 1. The van der Waals surface area contributed by atoms with Crippen LogP contribution in [0.4, 0.5) is 0 Å². The van der Waals surface area contributed by atoms with Crippen LogP contribution in [0.2, 0.25) is 0 Å². The Balaban J connectivity index is 0.00000324. The Kier molecular flexibility index (Phi) is 8.49. The Morgan fingerprint density at radius 1 is 0.735 bits per heavy atom. The van der Waals surface area contributed by atoms with Gasteiger partial charge < -0.3 is 10.6 Å². The fourth-order valence-electron chi connectivity index (χ4n) is 4.06. The molecule has 0 aliphatic heterocycles. The number of nitrogens with one attached hydrogen (secondary N) is 2. The van der Waals surface area contributed by atoms with Gasteiger partial charge in [-0.25, -0.2) is 9.36 Å². The van der Waals surface area contributed by atoms with Gasteiger partial charge in [-0.3, -0.25) is 4.99 Å². The van der Waals surface area contributed by atoms with Gasteiger partial charge in [0.15, 0.2) is 5.96 Å². The first-order valence-corrected chi connectivity index (χ1v) is 11.1. The maximum absolute atomic E-state index is 4.65. The van der Waals surface area contributed by atoms with Gasteiger partial charge in [-0.2, -0.15) is 10.2 Å². The third kappa shape index (κ3) is 5.67. The number of hydrogen-bond acceptors (Lipinski definition) is 3. The van der Waals surface area contributed by atoms with Crippen molar-refractivity contribution < 1.29 is 0 Å². The molecule has 0 bridgehead atoms. The first-order valence-electron chi connectivity index (χ1n) is 11.1. The second kappa shape index (κ2) is 11.3. The number of para-hydroxylation sites is 2. The molecule has 2 N–H and O–H groups in total. The van der Waals surface area contributed by atoms with Crippen molar-refractivity contribution in [3.05, 3.63) is 94.6 Å². The van der Waals surface area contributed by atoms with Crippen LogP contribution in [0.5, 0.6) is 0 Å². The SMILES string of the molecule is CN=C(NCc1ccccc1-n1nc(C)cc1C)NCc1ccccc1-n1nc(C)cc1C.I. The molecular weight excluding hydrogens is 537 g/mol. The molecule has 2 heterocycles. The summed E-state index contributed by atoms with van der Waals surface area (Å²) in [5, 5.41) is 16.2. The Morgan fingerprint density at radius 2 is 1.15 bits per heavy atom. The quantitative estimate of drug-likeness (QED) is 0.199. The van der Waals surface area contributed by atoms with Gasteiger partial charge in [-0.15, -0.1) is 24.0 Å². The first-order chi connectivity index (χ1) is 16.0. The maximum atomic E-state index is 4.65. The summed E-state index contributed by atoms with van der Waals surface area (Å²) in [4.78, 5) is 4.42. The van der Waals surface area contributed by atoms with Crippen LogP contribution in [0.25, 0.3) is 11.4 Å². The van der Waals surface area contributed by atoms with Crippen LogP contribution in [0, 0.1) is 27.7 Å². The summed E-state index contributed by atoms with van der Waals surface area (Å²) < 4.78 is 3.99. The van der Waals surface area contributed by atoms with E-state index < -0.39 is 0 Å². The van der Waals surface area contributed by atoms with Crippen molar-refractivity contribution in [1.29, 1.82) is 0 Å². The van der Waals surface area contributed by atoms with Crippen molar-refractivity contribution in [1.82, 2.24) is 30.2 Å². The van der Waals surface area contributed by atoms with E-state index in [0.29, 0.717) is 13.1 Å². The molecule has 0 aliphatic carbocycles. The van der Waals surface area contributed by atoms with Gasteiger partial charge in [0.1, 0.15) is 0 Å². The standard InChI is InChI=1S/C26H31N7.HI/c1-18-14-20(3)32(30-18)24-12-8-6-10-22(24)16-28-26(27-5)29-17-23-11-7-9-13-25(23)33-21(4)15-19(2)31-33;/h6-15H,16-17H2,1-5H3,(H2,27,28,29);1H. The van der Waals surface area contributed by atoms with Gasteiger partial charge in [0, 0.05) is 31.5 Å². The van der Waals surface area contributed by atoms with E-state index in [1.54, 1.807) is 7.05 Å². The average Bonchev–Trinajstić information content (AvgIpc) is 3.33. The van der Waals surface area contributed by atoms with E-state index in [2.05, 4.69) is 76.1 Å². The van der Waals surface area contributed by atoms with Crippen molar-refractivity contribution in [2.24, 2.45) is 4.99 Å². The zero-order valence-electron chi connectivity index (χ0n) is 20.3. The summed E-state index contributed by atoms with van der Waals surface area (Å²) >= 11 is 0. The molecule has 0 aliphatic rings. The summed E-state index contributed by atoms with van der Waals surface area (Å²) in [6.45, 7) is 9.44. The van der Waals surface area contributed by atoms with E-state index in [0.717, 1.165) is 51.2 Å². The largest absolute Gasteiger partial charge is 0.352 e. The Morgan fingerprint density at radius 3 is 1.50 bits per heavy atom. The lowest BCUT2D eigenvalue weighted by Crippen LogP contribution is -2.36. The smallest absolute Gasteiger partial charge is 0.191 e. The molecule has 0 amide bonds. The number of benzene rings is 2. The van der Waals surface area contributed by atoms with E-state index in [4.69, 9.17) is 0 Å². The van der Waals surface area contributed by atoms with E-state index in [1.807, 2.05) is 47.5 Å². The van der Waals surface area contributed by atoms with E-state index in [9.17, 15) is 0 Å². The average molecular weight is 569 g/mol. The van der Waals surface area contributed by atoms with Crippen molar-refractivity contribution >= 4 is 29.9 Å². The molecule has 2 aromatic carbocycles. The molecule has 4 aromatic rings. The number of guanidine groups is 1. The van der Waals surface area contributed by atoms with Crippen molar-refractivity contribution in [3.63, 3.8) is 0 Å². The molecule has 4 rings (SSSR count). The number of halogens is 1. The second-order valence-corrected chi connectivity index (χ2v) is 8.21. The highest BCUT2D eigenvalue weighted by molar-refractivity contribution is 14.0. The molecule has 0 fully saturated rings. The molecule has 8 heteroatoms. The summed E-state index contributed by atoms with van der Waals surface area (Å²) in [6.07, 6.45) is 0. The molecular formula is C26H32IN7. The number of aryl methyl sites for hydroxylation is 4. The lowest BCUT2D eigenvalue weighted by atomic mass is 10.1. The normalized spacial score (nSPS) is 10.5. The topological polar surface area (TPSA) is 72.1 Å². The molecule has 0 saturated carbocycles. The van der Waals surface area contributed by atoms with Crippen LogP contribution < -0.4 is 10.6 Å². The molecule has 7 nitrogen and oxygen atoms in total. The molecule has 0 atom stereocenters. The zero-order chi connectivity index (χ0) is 23.4. The minimum absolute atomic E-state index is 0. The lowest BCUT2D eigenvalue weighted by Gasteiger charge is -2.16. The van der Waals surface area contributed by atoms with Crippen LogP contribution in [0.1, 0.15) is 33.9 Å². The lowest BCUT2D eigenvalue weighted by molar-refractivity contribution is 0.770. The Hall–Kier alpha value is -3.14. The van der Waals surface area contributed by atoms with Gasteiger partial charge in [0.25, 0.3) is 0 Å². The third-order valence-electron chi connectivity index (χ3n) is 5.57. The fourth-order valence-corrected chi connectivity index (χ4v) is 4.06. The molecule has 0 spiro atoms. The highest BCUT2D eigenvalue weighted by Gasteiger charge is 2.11. The molecule has 0 saturated heterocycles. The van der Waals surface area contributed by atoms with Crippen molar-refractivity contribution in [3.8, 4) is 11.4 Å². The van der Waals surface area contributed by atoms with Crippen molar-refractivity contribution in [2.45, 2.75) is 40.8 Å². The fraction of sp³-hybridized carbons (Fsp3) is 0.269. The minimum atomic E-state index is 0. The van der Waals surface area contributed by atoms with E-state index in [-0.39, 0.29) is 24.0 Å². The van der Waals surface area contributed by atoms with Crippen LogP contribution in [-0.4, -0.2) is 32.6 Å². The van der Waals surface area contributed by atoms with Gasteiger partial charge in [-0.05, 0) is 63.1 Å². The first kappa shape index (κ1) is 25.5. The van der Waals surface area contributed by atoms with Crippen LogP contribution in [0.15, 0.2) is 65.7 Å². The third-order valence-corrected chi connectivity index (χ3v) is 5.57. The highest BCUT2D eigenvalue weighted by atomic mass is 127. The summed E-state index contributed by atoms with van der Waals surface area (Å²) in [7, 11) is 1.79. The predicted octanol–water partition coefficient (Wildman–Crippen LogP) is 4.77. The Labute approximate surface area is 218 Å². The monoisotopic (exact) mass is 569 g/mol. The molecule has 2 aromatic heterocycles. The van der Waals surface area contributed by atoms with Crippen LogP contribution >= 0.6 is 24.0 Å². The summed E-state index contributed by atoms with van der Waals surface area (Å²) in [6, 6.07) is 20.8. The second-order valence-electron chi connectivity index (χ2n) is 8.21. The minimum Gasteiger partial charge on any atom is -0.352 e. The molecule has 0 radical (unpaired) electrons. The van der Waals surface area contributed by atoms with E-state index in [1.165, 1.54) is 0 Å². The number of aromatic nitrogens is 4. The summed E-state index contributed by atoms with van der Waals surface area (Å²) in [5.74, 6) is 0.737. The molecule has 178 valence electrons. The number of hydrogen-bond donors (Lipinski definition) is 2. The van der Waals surface area contributed by atoms with E-state index >= 15 is 0 Å². The van der Waals surface area contributed by atoms with Crippen molar-refractivity contribution in [2.75, 3.05) is 7.05 Å². The molecule has 0 unspecified atom stereocenters. The number of nitrogens with zero attached hydrogens (tertiary/aromatic N) is 5.